The SMILES string of the molecule is OCCN(Cc1ccccc1OCc1ccccn1)C1CC1. The zero-order valence-corrected chi connectivity index (χ0v) is 12.7. The lowest BCUT2D eigenvalue weighted by atomic mass is 10.2. The van der Waals surface area contributed by atoms with Crippen LogP contribution in [0.2, 0.25) is 0 Å². The normalized spacial score (nSPS) is 14.3. The lowest BCUT2D eigenvalue weighted by Crippen LogP contribution is -2.28. The van der Waals surface area contributed by atoms with Crippen LogP contribution in [0.15, 0.2) is 48.7 Å². The average Bonchev–Trinajstić information content (AvgIpc) is 3.39. The van der Waals surface area contributed by atoms with E-state index in [2.05, 4.69) is 16.0 Å². The summed E-state index contributed by atoms with van der Waals surface area (Å²) in [6.07, 6.45) is 4.24. The molecule has 0 unspecified atom stereocenters. The van der Waals surface area contributed by atoms with E-state index in [1.165, 1.54) is 18.4 Å². The van der Waals surface area contributed by atoms with E-state index in [1.54, 1.807) is 6.20 Å². The number of nitrogens with zero attached hydrogens (tertiary/aromatic N) is 2. The van der Waals surface area contributed by atoms with Crippen molar-refractivity contribution in [2.45, 2.75) is 32.0 Å². The molecule has 1 fully saturated rings. The highest BCUT2D eigenvalue weighted by atomic mass is 16.5. The number of rotatable bonds is 8. The monoisotopic (exact) mass is 298 g/mol. The summed E-state index contributed by atoms with van der Waals surface area (Å²) in [5.74, 6) is 0.900. The lowest BCUT2D eigenvalue weighted by Gasteiger charge is -2.22. The van der Waals surface area contributed by atoms with Crippen LogP contribution in [0.3, 0.4) is 0 Å². The summed E-state index contributed by atoms with van der Waals surface area (Å²) in [5.41, 5.74) is 2.09. The molecular formula is C18H22N2O2. The minimum absolute atomic E-state index is 0.202. The standard InChI is InChI=1S/C18H22N2O2/c21-12-11-20(17-8-9-17)13-15-5-1-2-7-18(15)22-14-16-6-3-4-10-19-16/h1-7,10,17,21H,8-9,11-14H2. The first-order valence-electron chi connectivity index (χ1n) is 7.82. The molecule has 4 nitrogen and oxygen atoms in total. The third kappa shape index (κ3) is 4.06. The van der Waals surface area contributed by atoms with Crippen molar-refractivity contribution in [3.8, 4) is 5.75 Å². The first kappa shape index (κ1) is 15.0. The van der Waals surface area contributed by atoms with Gasteiger partial charge in [-0.1, -0.05) is 24.3 Å². The van der Waals surface area contributed by atoms with Gasteiger partial charge in [0.2, 0.25) is 0 Å². The number of aliphatic hydroxyl groups is 1. The van der Waals surface area contributed by atoms with Crippen LogP contribution in [0.4, 0.5) is 0 Å². The van der Waals surface area contributed by atoms with Gasteiger partial charge in [0.15, 0.2) is 0 Å². The second-order valence-corrected chi connectivity index (χ2v) is 5.64. The summed E-state index contributed by atoms with van der Waals surface area (Å²) in [5, 5.41) is 9.23. The molecule has 1 aliphatic rings. The minimum Gasteiger partial charge on any atom is -0.487 e. The summed E-state index contributed by atoms with van der Waals surface area (Å²) in [6.45, 7) is 2.22. The van der Waals surface area contributed by atoms with Gasteiger partial charge in [0, 0.05) is 30.9 Å². The smallest absolute Gasteiger partial charge is 0.130 e. The Bertz CT molecular complexity index is 585. The summed E-state index contributed by atoms with van der Waals surface area (Å²) in [4.78, 5) is 6.62. The van der Waals surface area contributed by atoms with E-state index >= 15 is 0 Å². The third-order valence-corrected chi connectivity index (χ3v) is 3.90. The molecule has 1 aromatic carbocycles. The van der Waals surface area contributed by atoms with E-state index in [4.69, 9.17) is 4.74 Å². The van der Waals surface area contributed by atoms with Gasteiger partial charge in [-0.05, 0) is 31.0 Å². The molecule has 0 saturated heterocycles. The topological polar surface area (TPSA) is 45.6 Å². The molecule has 0 spiro atoms. The summed E-state index contributed by atoms with van der Waals surface area (Å²) in [7, 11) is 0. The number of ether oxygens (including phenoxy) is 1. The largest absolute Gasteiger partial charge is 0.487 e. The molecule has 0 atom stereocenters. The molecule has 0 amide bonds. The molecule has 1 saturated carbocycles. The Labute approximate surface area is 131 Å². The number of hydrogen-bond donors (Lipinski definition) is 1. The van der Waals surface area contributed by atoms with Crippen LogP contribution in [0, 0.1) is 0 Å². The predicted octanol–water partition coefficient (Wildman–Crippen LogP) is 2.62. The lowest BCUT2D eigenvalue weighted by molar-refractivity contribution is 0.180. The van der Waals surface area contributed by atoms with Gasteiger partial charge in [-0.3, -0.25) is 9.88 Å². The van der Waals surface area contributed by atoms with Gasteiger partial charge < -0.3 is 9.84 Å². The zero-order chi connectivity index (χ0) is 15.2. The molecule has 1 aromatic heterocycles. The van der Waals surface area contributed by atoms with E-state index in [0.717, 1.165) is 24.5 Å². The van der Waals surface area contributed by atoms with Crippen molar-refractivity contribution in [1.82, 2.24) is 9.88 Å². The maximum atomic E-state index is 9.23. The Morgan fingerprint density at radius 2 is 1.95 bits per heavy atom. The zero-order valence-electron chi connectivity index (χ0n) is 12.7. The maximum absolute atomic E-state index is 9.23. The fourth-order valence-corrected chi connectivity index (χ4v) is 2.59. The first-order chi connectivity index (χ1) is 10.9. The highest BCUT2D eigenvalue weighted by molar-refractivity contribution is 5.33. The van der Waals surface area contributed by atoms with Crippen molar-refractivity contribution in [3.63, 3.8) is 0 Å². The van der Waals surface area contributed by atoms with Crippen LogP contribution >= 0.6 is 0 Å². The van der Waals surface area contributed by atoms with Crippen LogP contribution in [0.5, 0.6) is 5.75 Å². The second-order valence-electron chi connectivity index (χ2n) is 5.64. The minimum atomic E-state index is 0.202. The summed E-state index contributed by atoms with van der Waals surface area (Å²) < 4.78 is 5.95. The number of aliphatic hydroxyl groups excluding tert-OH is 1. The molecule has 4 heteroatoms. The molecule has 0 aliphatic heterocycles. The van der Waals surface area contributed by atoms with Gasteiger partial charge in [0.05, 0.1) is 12.3 Å². The summed E-state index contributed by atoms with van der Waals surface area (Å²) >= 11 is 0. The Hall–Kier alpha value is -1.91. The summed E-state index contributed by atoms with van der Waals surface area (Å²) in [6, 6.07) is 14.6. The molecule has 2 aromatic rings. The van der Waals surface area contributed by atoms with Crippen LogP contribution in [0.1, 0.15) is 24.1 Å². The average molecular weight is 298 g/mol. The van der Waals surface area contributed by atoms with Gasteiger partial charge in [0.25, 0.3) is 0 Å². The van der Waals surface area contributed by atoms with E-state index in [-0.39, 0.29) is 6.61 Å². The molecule has 0 radical (unpaired) electrons. The quantitative estimate of drug-likeness (QED) is 0.814. The fraction of sp³-hybridized carbons (Fsp3) is 0.389. The molecular weight excluding hydrogens is 276 g/mol. The Balaban J connectivity index is 1.66. The van der Waals surface area contributed by atoms with Crippen LogP contribution in [-0.4, -0.2) is 34.2 Å². The Morgan fingerprint density at radius 3 is 2.68 bits per heavy atom. The number of hydrogen-bond acceptors (Lipinski definition) is 4. The second kappa shape index (κ2) is 7.38. The van der Waals surface area contributed by atoms with Crippen molar-refractivity contribution in [1.29, 1.82) is 0 Å². The molecule has 1 heterocycles. The third-order valence-electron chi connectivity index (χ3n) is 3.90. The predicted molar refractivity (Wildman–Crippen MR) is 85.5 cm³/mol. The van der Waals surface area contributed by atoms with Crippen molar-refractivity contribution < 1.29 is 9.84 Å². The van der Waals surface area contributed by atoms with Gasteiger partial charge in [-0.25, -0.2) is 0 Å². The van der Waals surface area contributed by atoms with Gasteiger partial charge in [-0.15, -0.1) is 0 Å². The molecule has 116 valence electrons. The number of aromatic nitrogens is 1. The van der Waals surface area contributed by atoms with E-state index in [0.29, 0.717) is 12.6 Å². The number of para-hydroxylation sites is 1. The van der Waals surface area contributed by atoms with E-state index in [9.17, 15) is 5.11 Å². The van der Waals surface area contributed by atoms with Crippen LogP contribution in [0.25, 0.3) is 0 Å². The van der Waals surface area contributed by atoms with Crippen LogP contribution in [-0.2, 0) is 13.2 Å². The number of pyridine rings is 1. The molecule has 1 aliphatic carbocycles. The van der Waals surface area contributed by atoms with Crippen molar-refractivity contribution >= 4 is 0 Å². The van der Waals surface area contributed by atoms with Gasteiger partial charge in [-0.2, -0.15) is 0 Å². The molecule has 0 bridgehead atoms. The maximum Gasteiger partial charge on any atom is 0.130 e. The van der Waals surface area contributed by atoms with Crippen molar-refractivity contribution in [2.24, 2.45) is 0 Å². The fourth-order valence-electron chi connectivity index (χ4n) is 2.59. The first-order valence-corrected chi connectivity index (χ1v) is 7.82. The Morgan fingerprint density at radius 1 is 1.14 bits per heavy atom. The highest BCUT2D eigenvalue weighted by Crippen LogP contribution is 2.30. The van der Waals surface area contributed by atoms with Gasteiger partial charge in [0.1, 0.15) is 12.4 Å². The van der Waals surface area contributed by atoms with Crippen LogP contribution < -0.4 is 4.74 Å². The van der Waals surface area contributed by atoms with E-state index < -0.39 is 0 Å². The van der Waals surface area contributed by atoms with Crippen molar-refractivity contribution in [3.05, 3.63) is 59.9 Å². The molecule has 22 heavy (non-hydrogen) atoms. The van der Waals surface area contributed by atoms with E-state index in [1.807, 2.05) is 36.4 Å². The number of benzene rings is 1. The molecule has 1 N–H and O–H groups in total. The molecule has 3 rings (SSSR count). The van der Waals surface area contributed by atoms with Crippen molar-refractivity contribution in [2.75, 3.05) is 13.2 Å². The Kier molecular flexibility index (Phi) is 5.03. The van der Waals surface area contributed by atoms with Gasteiger partial charge >= 0.3 is 0 Å². The highest BCUT2D eigenvalue weighted by Gasteiger charge is 2.28.